The van der Waals surface area contributed by atoms with Gasteiger partial charge < -0.3 is 4.90 Å². The minimum absolute atomic E-state index is 0.735. The van der Waals surface area contributed by atoms with Gasteiger partial charge in [0, 0.05) is 13.1 Å². The van der Waals surface area contributed by atoms with Crippen molar-refractivity contribution in [2.75, 3.05) is 19.6 Å². The fourth-order valence-corrected chi connectivity index (χ4v) is 4.14. The zero-order chi connectivity index (χ0) is 16.7. The van der Waals surface area contributed by atoms with Crippen LogP contribution < -0.4 is 0 Å². The number of benzene rings is 1. The summed E-state index contributed by atoms with van der Waals surface area (Å²) in [5.41, 5.74) is 1.54. The van der Waals surface area contributed by atoms with Gasteiger partial charge in [-0.3, -0.25) is 0 Å². The van der Waals surface area contributed by atoms with Crippen molar-refractivity contribution in [3.8, 4) is 0 Å². The van der Waals surface area contributed by atoms with Gasteiger partial charge in [0.25, 0.3) is 0 Å². The molecule has 0 bridgehead atoms. The SMILES string of the molecule is CC(C)CCCCCCN1CC([C@@H](c2ccccc2)C(C)C)C1. The van der Waals surface area contributed by atoms with Gasteiger partial charge in [0.05, 0.1) is 0 Å². The maximum atomic E-state index is 2.67. The van der Waals surface area contributed by atoms with E-state index >= 15 is 0 Å². The van der Waals surface area contributed by atoms with Crippen LogP contribution in [0.3, 0.4) is 0 Å². The van der Waals surface area contributed by atoms with Crippen LogP contribution in [-0.2, 0) is 0 Å². The lowest BCUT2D eigenvalue weighted by Crippen LogP contribution is -2.50. The Morgan fingerprint density at radius 3 is 2.17 bits per heavy atom. The summed E-state index contributed by atoms with van der Waals surface area (Å²) >= 11 is 0. The Balaban J connectivity index is 1.65. The molecule has 23 heavy (non-hydrogen) atoms. The third-order valence-electron chi connectivity index (χ3n) is 5.40. The molecule has 0 radical (unpaired) electrons. The largest absolute Gasteiger partial charge is 0.303 e. The molecule has 0 spiro atoms. The fraction of sp³-hybridized carbons (Fsp3) is 0.727. The molecule has 1 aromatic rings. The Labute approximate surface area is 144 Å². The van der Waals surface area contributed by atoms with Crippen molar-refractivity contribution in [1.29, 1.82) is 0 Å². The van der Waals surface area contributed by atoms with Crippen molar-refractivity contribution < 1.29 is 0 Å². The number of hydrogen-bond acceptors (Lipinski definition) is 1. The van der Waals surface area contributed by atoms with Crippen LogP contribution in [0.4, 0.5) is 0 Å². The summed E-state index contributed by atoms with van der Waals surface area (Å²) in [5, 5.41) is 0. The summed E-state index contributed by atoms with van der Waals surface area (Å²) in [5.74, 6) is 3.20. The second-order valence-electron chi connectivity index (χ2n) is 8.30. The van der Waals surface area contributed by atoms with E-state index in [1.54, 1.807) is 5.56 Å². The van der Waals surface area contributed by atoms with E-state index in [0.29, 0.717) is 0 Å². The van der Waals surface area contributed by atoms with Gasteiger partial charge in [-0.05, 0) is 42.2 Å². The highest BCUT2D eigenvalue weighted by molar-refractivity contribution is 5.22. The van der Waals surface area contributed by atoms with E-state index in [2.05, 4.69) is 62.9 Å². The maximum Gasteiger partial charge on any atom is 0.00280 e. The first-order valence-electron chi connectivity index (χ1n) is 9.85. The Morgan fingerprint density at radius 2 is 1.57 bits per heavy atom. The van der Waals surface area contributed by atoms with Crippen LogP contribution in [-0.4, -0.2) is 24.5 Å². The van der Waals surface area contributed by atoms with Crippen LogP contribution in [0.1, 0.15) is 71.3 Å². The molecule has 0 saturated carbocycles. The predicted octanol–water partition coefficient (Wildman–Crippen LogP) is 5.96. The molecule has 1 saturated heterocycles. The predicted molar refractivity (Wildman–Crippen MR) is 102 cm³/mol. The van der Waals surface area contributed by atoms with Crippen molar-refractivity contribution in [2.45, 2.75) is 65.7 Å². The molecule has 1 heteroatoms. The molecular weight excluding hydrogens is 278 g/mol. The Kier molecular flexibility index (Phi) is 7.62. The average Bonchev–Trinajstić information content (AvgIpc) is 2.47. The Bertz CT molecular complexity index is 417. The van der Waals surface area contributed by atoms with Gasteiger partial charge in [-0.25, -0.2) is 0 Å². The normalized spacial score (nSPS) is 17.7. The molecule has 1 atom stereocenters. The molecule has 0 amide bonds. The smallest absolute Gasteiger partial charge is 0.00280 e. The van der Waals surface area contributed by atoms with E-state index in [0.717, 1.165) is 23.7 Å². The summed E-state index contributed by atoms with van der Waals surface area (Å²) in [7, 11) is 0. The first kappa shape index (κ1) is 18.5. The summed E-state index contributed by atoms with van der Waals surface area (Å²) in [4.78, 5) is 2.67. The zero-order valence-electron chi connectivity index (χ0n) is 15.8. The summed E-state index contributed by atoms with van der Waals surface area (Å²) in [6.07, 6.45) is 7.05. The summed E-state index contributed by atoms with van der Waals surface area (Å²) in [6.45, 7) is 13.4. The lowest BCUT2D eigenvalue weighted by atomic mass is 9.74. The highest BCUT2D eigenvalue weighted by atomic mass is 15.2. The number of hydrogen-bond donors (Lipinski definition) is 0. The molecule has 1 heterocycles. The standard InChI is InChI=1S/C22H37N/c1-18(2)12-8-5-6-11-15-23-16-21(17-23)22(19(3)4)20-13-9-7-10-14-20/h7,9-10,13-14,18-19,21-22H,5-6,8,11-12,15-17H2,1-4H3/t22-/m1/s1. The highest BCUT2D eigenvalue weighted by Gasteiger charge is 2.35. The van der Waals surface area contributed by atoms with E-state index in [9.17, 15) is 0 Å². The van der Waals surface area contributed by atoms with Crippen LogP contribution in [0.15, 0.2) is 30.3 Å². The molecule has 1 aromatic carbocycles. The van der Waals surface area contributed by atoms with Crippen LogP contribution in [0, 0.1) is 17.8 Å². The quantitative estimate of drug-likeness (QED) is 0.481. The van der Waals surface area contributed by atoms with Crippen molar-refractivity contribution in [2.24, 2.45) is 17.8 Å². The molecule has 130 valence electrons. The second-order valence-corrected chi connectivity index (χ2v) is 8.30. The summed E-state index contributed by atoms with van der Waals surface area (Å²) < 4.78 is 0. The Morgan fingerprint density at radius 1 is 0.913 bits per heavy atom. The van der Waals surface area contributed by atoms with E-state index in [1.807, 2.05) is 0 Å². The lowest BCUT2D eigenvalue weighted by molar-refractivity contribution is 0.0663. The highest BCUT2D eigenvalue weighted by Crippen LogP contribution is 2.37. The third kappa shape index (κ3) is 5.95. The second kappa shape index (κ2) is 9.47. The van der Waals surface area contributed by atoms with E-state index in [-0.39, 0.29) is 0 Å². The fourth-order valence-electron chi connectivity index (χ4n) is 4.14. The minimum atomic E-state index is 0.735. The monoisotopic (exact) mass is 315 g/mol. The van der Waals surface area contributed by atoms with Crippen LogP contribution in [0.5, 0.6) is 0 Å². The molecule has 2 rings (SSSR count). The van der Waals surface area contributed by atoms with Gasteiger partial charge in [-0.2, -0.15) is 0 Å². The van der Waals surface area contributed by atoms with Crippen molar-refractivity contribution in [3.63, 3.8) is 0 Å². The number of rotatable bonds is 10. The number of unbranched alkanes of at least 4 members (excludes halogenated alkanes) is 3. The van der Waals surface area contributed by atoms with Gasteiger partial charge in [0.1, 0.15) is 0 Å². The van der Waals surface area contributed by atoms with Gasteiger partial charge in [-0.1, -0.05) is 83.7 Å². The van der Waals surface area contributed by atoms with Gasteiger partial charge in [-0.15, -0.1) is 0 Å². The summed E-state index contributed by atoms with van der Waals surface area (Å²) in [6, 6.07) is 11.2. The van der Waals surface area contributed by atoms with Crippen LogP contribution >= 0.6 is 0 Å². The molecule has 0 aromatic heterocycles. The van der Waals surface area contributed by atoms with Gasteiger partial charge in [0.2, 0.25) is 0 Å². The average molecular weight is 316 g/mol. The molecule has 0 N–H and O–H groups in total. The third-order valence-corrected chi connectivity index (χ3v) is 5.40. The zero-order valence-corrected chi connectivity index (χ0v) is 15.8. The molecule has 0 aliphatic carbocycles. The number of nitrogens with zero attached hydrogens (tertiary/aromatic N) is 1. The Hall–Kier alpha value is -0.820. The van der Waals surface area contributed by atoms with Crippen molar-refractivity contribution in [3.05, 3.63) is 35.9 Å². The molecule has 0 unspecified atom stereocenters. The van der Waals surface area contributed by atoms with Gasteiger partial charge >= 0.3 is 0 Å². The number of likely N-dealkylation sites (tertiary alicyclic amines) is 1. The van der Waals surface area contributed by atoms with Crippen molar-refractivity contribution >= 4 is 0 Å². The first-order valence-corrected chi connectivity index (χ1v) is 9.85. The molecule has 1 aliphatic rings. The van der Waals surface area contributed by atoms with Gasteiger partial charge in [0.15, 0.2) is 0 Å². The van der Waals surface area contributed by atoms with Crippen molar-refractivity contribution in [1.82, 2.24) is 4.90 Å². The topological polar surface area (TPSA) is 3.24 Å². The molecule has 1 fully saturated rings. The lowest BCUT2D eigenvalue weighted by Gasteiger charge is -2.45. The van der Waals surface area contributed by atoms with Crippen LogP contribution in [0.2, 0.25) is 0 Å². The maximum absolute atomic E-state index is 2.67. The minimum Gasteiger partial charge on any atom is -0.303 e. The first-order chi connectivity index (χ1) is 11.1. The molecule has 1 aliphatic heterocycles. The van der Waals surface area contributed by atoms with E-state index < -0.39 is 0 Å². The van der Waals surface area contributed by atoms with Crippen LogP contribution in [0.25, 0.3) is 0 Å². The molecular formula is C22H37N. The molecule has 1 nitrogen and oxygen atoms in total. The van der Waals surface area contributed by atoms with E-state index in [1.165, 1.54) is 51.7 Å². The van der Waals surface area contributed by atoms with E-state index in [4.69, 9.17) is 0 Å².